The van der Waals surface area contributed by atoms with Crippen molar-refractivity contribution < 1.29 is 28.6 Å². The van der Waals surface area contributed by atoms with E-state index in [0.717, 1.165) is 33.7 Å². The summed E-state index contributed by atoms with van der Waals surface area (Å²) in [6.07, 6.45) is 2.57. The number of anilines is 1. The van der Waals surface area contributed by atoms with Crippen molar-refractivity contribution in [2.75, 3.05) is 11.9 Å². The molecule has 222 valence electrons. The van der Waals surface area contributed by atoms with Crippen LogP contribution in [0.3, 0.4) is 0 Å². The molecule has 1 atom stereocenters. The summed E-state index contributed by atoms with van der Waals surface area (Å²) in [5.41, 5.74) is 5.91. The molecule has 0 radical (unpaired) electrons. The SMILES string of the molecule is CC(C)N(CCCn1c(SC2=COC(c3ccccc3I)O2)nc(C(N)=O)c1NC(=O)C1CC1)C(=O)OC(C)(C)C. The maximum atomic E-state index is 12.8. The highest BCUT2D eigenvalue weighted by Crippen LogP contribution is 2.40. The monoisotopic (exact) mass is 697 g/mol. The molecule has 41 heavy (non-hydrogen) atoms. The summed E-state index contributed by atoms with van der Waals surface area (Å²) in [5, 5.41) is 3.71. The zero-order chi connectivity index (χ0) is 29.9. The van der Waals surface area contributed by atoms with Crippen LogP contribution in [0.1, 0.15) is 76.2 Å². The number of nitrogens with zero attached hydrogens (tertiary/aromatic N) is 3. The van der Waals surface area contributed by atoms with Crippen LogP contribution in [0, 0.1) is 9.49 Å². The fourth-order valence-electron chi connectivity index (χ4n) is 4.08. The third-order valence-corrected chi connectivity index (χ3v) is 8.12. The number of thioether (sulfide) groups is 1. The van der Waals surface area contributed by atoms with E-state index in [1.165, 1.54) is 6.26 Å². The standard InChI is InChI=1S/C28H36IN5O6S/c1-16(2)33(27(37)40-28(3,4)5)13-8-14-34-23(32-24(36)17-11-12-17)21(22(30)35)31-26(34)41-20-15-38-25(39-20)18-9-6-7-10-19(18)29/h6-7,9-10,15-17,25H,8,11-14H2,1-5H3,(H2,30,35)(H,32,36). The van der Waals surface area contributed by atoms with Crippen molar-refractivity contribution in [3.8, 4) is 0 Å². The molecule has 0 spiro atoms. The summed E-state index contributed by atoms with van der Waals surface area (Å²) >= 11 is 3.39. The van der Waals surface area contributed by atoms with Gasteiger partial charge < -0.3 is 34.7 Å². The Labute approximate surface area is 257 Å². The fraction of sp³-hybridized carbons (Fsp3) is 0.500. The zero-order valence-electron chi connectivity index (χ0n) is 23.8. The first-order valence-corrected chi connectivity index (χ1v) is 15.4. The highest BCUT2D eigenvalue weighted by atomic mass is 127. The number of carbonyl (C=O) groups is 3. The number of hydrogen-bond acceptors (Lipinski definition) is 8. The van der Waals surface area contributed by atoms with Gasteiger partial charge in [0.25, 0.3) is 12.2 Å². The van der Waals surface area contributed by atoms with Crippen LogP contribution in [0.2, 0.25) is 0 Å². The summed E-state index contributed by atoms with van der Waals surface area (Å²) < 4.78 is 20.1. The van der Waals surface area contributed by atoms with E-state index in [1.807, 2.05) is 58.9 Å². The Balaban J connectivity index is 1.56. The number of imidazole rings is 1. The summed E-state index contributed by atoms with van der Waals surface area (Å²) in [6, 6.07) is 7.64. The first-order valence-electron chi connectivity index (χ1n) is 13.5. The van der Waals surface area contributed by atoms with Gasteiger partial charge in [-0.1, -0.05) is 18.2 Å². The van der Waals surface area contributed by atoms with Gasteiger partial charge in [0.05, 0.1) is 0 Å². The van der Waals surface area contributed by atoms with Gasteiger partial charge in [0.2, 0.25) is 11.0 Å². The van der Waals surface area contributed by atoms with Crippen LogP contribution in [0.4, 0.5) is 10.6 Å². The van der Waals surface area contributed by atoms with Gasteiger partial charge in [-0.05, 0) is 94.3 Å². The van der Waals surface area contributed by atoms with E-state index in [-0.39, 0.29) is 29.4 Å². The third kappa shape index (κ3) is 8.09. The minimum absolute atomic E-state index is 0.0389. The molecule has 2 aromatic rings. The quantitative estimate of drug-likeness (QED) is 0.290. The van der Waals surface area contributed by atoms with Crippen LogP contribution in [0.15, 0.2) is 40.8 Å². The summed E-state index contributed by atoms with van der Waals surface area (Å²) in [4.78, 5) is 44.1. The third-order valence-electron chi connectivity index (χ3n) is 6.25. The Morgan fingerprint density at radius 2 is 1.98 bits per heavy atom. The molecule has 1 aliphatic heterocycles. The average Bonchev–Trinajstić information content (AvgIpc) is 3.55. The number of benzene rings is 1. The van der Waals surface area contributed by atoms with Gasteiger partial charge in [0, 0.05) is 34.2 Å². The van der Waals surface area contributed by atoms with Gasteiger partial charge in [-0.25, -0.2) is 9.78 Å². The number of halogens is 1. The second-order valence-electron chi connectivity index (χ2n) is 11.1. The van der Waals surface area contributed by atoms with E-state index < -0.39 is 23.9 Å². The lowest BCUT2D eigenvalue weighted by Gasteiger charge is -2.30. The molecule has 3 amide bonds. The Kier molecular flexibility index (Phi) is 9.77. The minimum atomic E-state index is -0.761. The summed E-state index contributed by atoms with van der Waals surface area (Å²) in [6.45, 7) is 10.0. The molecule has 11 nitrogen and oxygen atoms in total. The van der Waals surface area contributed by atoms with Crippen LogP contribution in [-0.4, -0.2) is 50.5 Å². The number of aromatic nitrogens is 2. The molecular weight excluding hydrogens is 661 g/mol. The van der Waals surface area contributed by atoms with E-state index in [4.69, 9.17) is 19.9 Å². The van der Waals surface area contributed by atoms with Crippen molar-refractivity contribution in [3.63, 3.8) is 0 Å². The molecule has 1 aromatic heterocycles. The molecule has 13 heteroatoms. The summed E-state index contributed by atoms with van der Waals surface area (Å²) in [7, 11) is 0. The Hall–Kier alpha value is -2.94. The van der Waals surface area contributed by atoms with Crippen molar-refractivity contribution in [2.24, 2.45) is 11.7 Å². The number of rotatable bonds is 11. The predicted molar refractivity (Wildman–Crippen MR) is 163 cm³/mol. The molecule has 1 unspecified atom stereocenters. The fourth-order valence-corrected chi connectivity index (χ4v) is 5.57. The Morgan fingerprint density at radius 1 is 1.27 bits per heavy atom. The van der Waals surface area contributed by atoms with Crippen molar-refractivity contribution in [1.82, 2.24) is 14.5 Å². The van der Waals surface area contributed by atoms with Crippen LogP contribution < -0.4 is 11.1 Å². The molecule has 2 heterocycles. The van der Waals surface area contributed by atoms with Gasteiger partial charge in [0.1, 0.15) is 17.7 Å². The highest BCUT2D eigenvalue weighted by molar-refractivity contribution is 14.1. The topological polar surface area (TPSA) is 138 Å². The van der Waals surface area contributed by atoms with Gasteiger partial charge in [-0.2, -0.15) is 0 Å². The zero-order valence-corrected chi connectivity index (χ0v) is 26.8. The molecular formula is C28H36IN5O6S. The molecule has 4 rings (SSSR count). The van der Waals surface area contributed by atoms with E-state index >= 15 is 0 Å². The van der Waals surface area contributed by atoms with Crippen LogP contribution in [0.5, 0.6) is 0 Å². The Bertz CT molecular complexity index is 1330. The van der Waals surface area contributed by atoms with E-state index in [1.54, 1.807) is 9.47 Å². The van der Waals surface area contributed by atoms with Crippen molar-refractivity contribution in [1.29, 1.82) is 0 Å². The molecule has 1 saturated carbocycles. The van der Waals surface area contributed by atoms with E-state index in [2.05, 4.69) is 32.9 Å². The van der Waals surface area contributed by atoms with Gasteiger partial charge >= 0.3 is 6.09 Å². The molecule has 3 N–H and O–H groups in total. The van der Waals surface area contributed by atoms with Crippen LogP contribution in [0.25, 0.3) is 0 Å². The molecule has 1 fully saturated rings. The second-order valence-corrected chi connectivity index (χ2v) is 13.3. The lowest BCUT2D eigenvalue weighted by Crippen LogP contribution is -2.41. The largest absolute Gasteiger partial charge is 0.454 e. The maximum absolute atomic E-state index is 12.8. The van der Waals surface area contributed by atoms with Gasteiger partial charge in [-0.15, -0.1) is 0 Å². The smallest absolute Gasteiger partial charge is 0.410 e. The first-order chi connectivity index (χ1) is 19.3. The number of primary amides is 1. The van der Waals surface area contributed by atoms with E-state index in [9.17, 15) is 14.4 Å². The van der Waals surface area contributed by atoms with Crippen molar-refractivity contribution in [2.45, 2.75) is 83.5 Å². The van der Waals surface area contributed by atoms with Crippen LogP contribution >= 0.6 is 34.4 Å². The van der Waals surface area contributed by atoms with Gasteiger partial charge in [-0.3, -0.25) is 9.59 Å². The molecule has 0 bridgehead atoms. The molecule has 0 saturated heterocycles. The number of amides is 3. The highest BCUT2D eigenvalue weighted by Gasteiger charge is 2.33. The molecule has 1 aliphatic carbocycles. The van der Waals surface area contributed by atoms with Gasteiger partial charge in [0.15, 0.2) is 10.9 Å². The first kappa shape index (κ1) is 31.0. The van der Waals surface area contributed by atoms with Crippen molar-refractivity contribution >= 4 is 58.1 Å². The van der Waals surface area contributed by atoms with Crippen molar-refractivity contribution in [3.05, 3.63) is 50.4 Å². The van der Waals surface area contributed by atoms with E-state index in [0.29, 0.717) is 29.8 Å². The second kappa shape index (κ2) is 12.9. The Morgan fingerprint density at radius 3 is 2.59 bits per heavy atom. The molecule has 2 aliphatic rings. The number of nitrogens with one attached hydrogen (secondary N) is 1. The normalized spacial score (nSPS) is 16.6. The lowest BCUT2D eigenvalue weighted by atomic mass is 10.2. The lowest BCUT2D eigenvalue weighted by molar-refractivity contribution is -0.117. The maximum Gasteiger partial charge on any atom is 0.410 e. The minimum Gasteiger partial charge on any atom is -0.454 e. The number of carbonyl (C=O) groups excluding carboxylic acids is 3. The number of nitrogens with two attached hydrogens (primary N) is 1. The summed E-state index contributed by atoms with van der Waals surface area (Å²) in [5.74, 6) is -0.800. The predicted octanol–water partition coefficient (Wildman–Crippen LogP) is 5.61. The number of ether oxygens (including phenoxy) is 3. The average molecular weight is 698 g/mol. The molecule has 1 aromatic carbocycles. The van der Waals surface area contributed by atoms with Crippen LogP contribution in [-0.2, 0) is 25.5 Å². The number of hydrogen-bond donors (Lipinski definition) is 2.